The molecule has 0 saturated heterocycles. The van der Waals surface area contributed by atoms with Crippen LogP contribution in [0.15, 0.2) is 132 Å². The minimum Gasteiger partial charge on any atom is -0.460 e. The second-order valence-electron chi connectivity index (χ2n) is 13.8. The highest BCUT2D eigenvalue weighted by Gasteiger charge is 2.58. The lowest BCUT2D eigenvalue weighted by Crippen LogP contribution is -2.31. The van der Waals surface area contributed by atoms with Crippen molar-refractivity contribution in [3.8, 4) is 33.4 Å². The molecule has 44 heavy (non-hydrogen) atoms. The molecule has 0 spiro atoms. The quantitative estimate of drug-likeness (QED) is 0.193. The maximum Gasteiger partial charge on any atom is 0.134 e. The van der Waals surface area contributed by atoms with Crippen molar-refractivity contribution >= 4 is 32.5 Å². The zero-order chi connectivity index (χ0) is 28.8. The van der Waals surface area contributed by atoms with Gasteiger partial charge < -0.3 is 4.42 Å². The Kier molecular flexibility index (Phi) is 5.18. The van der Waals surface area contributed by atoms with Crippen LogP contribution in [0.1, 0.15) is 37.9 Å². The van der Waals surface area contributed by atoms with E-state index in [4.69, 9.17) is 4.42 Å². The van der Waals surface area contributed by atoms with Crippen molar-refractivity contribution in [3.63, 3.8) is 0 Å². The molecule has 2 atom stereocenters. The van der Waals surface area contributed by atoms with Gasteiger partial charge in [0, 0.05) is 16.4 Å². The molecule has 0 amide bonds. The maximum absolute atomic E-state index is 6.87. The molecule has 2 unspecified atom stereocenters. The Morgan fingerprint density at radius 3 is 1.43 bits per heavy atom. The Labute approximate surface area is 258 Å². The Morgan fingerprint density at radius 2 is 0.886 bits per heavy atom. The number of benzene rings is 6. The monoisotopic (exact) mass is 566 g/mol. The van der Waals surface area contributed by atoms with Crippen LogP contribution in [-0.2, 0) is 5.41 Å². The average molecular weight is 567 g/mol. The SMILES string of the molecule is c1ccc(-c2c3ccccc3c(-c3ccc(-c4c(C56CC7CC(C5)C(C7)C6)oc5ccccc45)cc3)c3ccccc23)cc1. The van der Waals surface area contributed by atoms with E-state index in [1.54, 1.807) is 0 Å². The standard InChI is InChI=1S/C43H34O/c1-2-10-28(11-3-1)39-33-12-4-6-14-35(33)40(36-15-7-5-13-34(36)39)29-18-20-30(21-19-29)41-37-16-8-9-17-38(37)44-42(41)43-24-27-22-31(25-43)32(23-27)26-43/h1-21,27,31-32H,22-26H2. The first kappa shape index (κ1) is 24.8. The molecule has 4 saturated carbocycles. The highest BCUT2D eigenvalue weighted by atomic mass is 16.3. The topological polar surface area (TPSA) is 13.1 Å². The fraction of sp³-hybridized carbons (Fsp3) is 0.209. The zero-order valence-corrected chi connectivity index (χ0v) is 24.8. The number of rotatable bonds is 4. The van der Waals surface area contributed by atoms with Gasteiger partial charge in [-0.15, -0.1) is 0 Å². The largest absolute Gasteiger partial charge is 0.460 e. The molecular formula is C43H34O. The van der Waals surface area contributed by atoms with E-state index in [1.165, 1.54) is 98.2 Å². The van der Waals surface area contributed by atoms with Crippen LogP contribution >= 0.6 is 0 Å². The van der Waals surface area contributed by atoms with Crippen LogP contribution in [0.3, 0.4) is 0 Å². The summed E-state index contributed by atoms with van der Waals surface area (Å²) < 4.78 is 6.87. The third-order valence-electron chi connectivity index (χ3n) is 11.5. The van der Waals surface area contributed by atoms with Crippen LogP contribution in [0, 0.1) is 17.8 Å². The normalized spacial score (nSPS) is 23.8. The molecule has 0 aliphatic heterocycles. The van der Waals surface area contributed by atoms with E-state index in [1.807, 2.05) is 0 Å². The van der Waals surface area contributed by atoms with E-state index >= 15 is 0 Å². The van der Waals surface area contributed by atoms with Crippen molar-refractivity contribution in [1.82, 2.24) is 0 Å². The summed E-state index contributed by atoms with van der Waals surface area (Å²) in [5, 5.41) is 6.44. The smallest absolute Gasteiger partial charge is 0.134 e. The number of para-hydroxylation sites is 1. The molecule has 4 aliphatic carbocycles. The number of hydrogen-bond acceptors (Lipinski definition) is 1. The van der Waals surface area contributed by atoms with Gasteiger partial charge in [-0.2, -0.15) is 0 Å². The summed E-state index contributed by atoms with van der Waals surface area (Å²) >= 11 is 0. The number of hydrogen-bond donors (Lipinski definition) is 0. The molecule has 1 nitrogen and oxygen atoms in total. The minimum atomic E-state index is 0.212. The summed E-state index contributed by atoms with van der Waals surface area (Å²) in [5.41, 5.74) is 9.00. The van der Waals surface area contributed by atoms with Crippen molar-refractivity contribution in [1.29, 1.82) is 0 Å². The van der Waals surface area contributed by atoms with E-state index in [0.717, 1.165) is 23.3 Å². The summed E-state index contributed by atoms with van der Waals surface area (Å²) in [6, 6.07) is 46.8. The van der Waals surface area contributed by atoms with Crippen molar-refractivity contribution in [2.45, 2.75) is 37.5 Å². The lowest BCUT2D eigenvalue weighted by Gasteiger charge is -2.37. The Morgan fingerprint density at radius 1 is 0.432 bits per heavy atom. The molecule has 1 heterocycles. The van der Waals surface area contributed by atoms with E-state index in [-0.39, 0.29) is 5.41 Å². The van der Waals surface area contributed by atoms with Crippen LogP contribution in [0.4, 0.5) is 0 Å². The van der Waals surface area contributed by atoms with Crippen molar-refractivity contribution in [3.05, 3.63) is 133 Å². The lowest BCUT2D eigenvalue weighted by atomic mass is 9.67. The summed E-state index contributed by atoms with van der Waals surface area (Å²) in [4.78, 5) is 0. The molecule has 4 fully saturated rings. The molecule has 0 N–H and O–H groups in total. The molecule has 6 aromatic carbocycles. The van der Waals surface area contributed by atoms with Gasteiger partial charge in [0.1, 0.15) is 11.3 Å². The second-order valence-corrected chi connectivity index (χ2v) is 13.8. The van der Waals surface area contributed by atoms with Crippen LogP contribution in [0.25, 0.3) is 65.9 Å². The summed E-state index contributed by atoms with van der Waals surface area (Å²) in [6.07, 6.45) is 6.82. The van der Waals surface area contributed by atoms with Gasteiger partial charge in [-0.05, 0) is 105 Å². The van der Waals surface area contributed by atoms with E-state index < -0.39 is 0 Å². The predicted octanol–water partition coefficient (Wildman–Crippen LogP) is 11.8. The molecule has 1 heteroatoms. The van der Waals surface area contributed by atoms with Gasteiger partial charge in [-0.25, -0.2) is 0 Å². The molecule has 4 aliphatic rings. The molecule has 1 aromatic heterocycles. The first-order valence-corrected chi connectivity index (χ1v) is 16.4. The third-order valence-corrected chi connectivity index (χ3v) is 11.5. The Bertz CT molecular complexity index is 2140. The van der Waals surface area contributed by atoms with Gasteiger partial charge in [0.15, 0.2) is 0 Å². The molecule has 4 bridgehead atoms. The van der Waals surface area contributed by atoms with E-state index in [2.05, 4.69) is 127 Å². The molecule has 11 rings (SSSR count). The fourth-order valence-corrected chi connectivity index (χ4v) is 9.95. The second kappa shape index (κ2) is 9.19. The van der Waals surface area contributed by atoms with E-state index in [9.17, 15) is 0 Å². The fourth-order valence-electron chi connectivity index (χ4n) is 9.95. The van der Waals surface area contributed by atoms with Crippen LogP contribution in [0.5, 0.6) is 0 Å². The third kappa shape index (κ3) is 3.47. The average Bonchev–Trinajstić information content (AvgIpc) is 3.69. The molecule has 212 valence electrons. The van der Waals surface area contributed by atoms with Gasteiger partial charge in [0.05, 0.1) is 0 Å². The first-order chi connectivity index (χ1) is 21.8. The van der Waals surface area contributed by atoms with Crippen LogP contribution in [0.2, 0.25) is 0 Å². The summed E-state index contributed by atoms with van der Waals surface area (Å²) in [6.45, 7) is 0. The van der Waals surface area contributed by atoms with Gasteiger partial charge in [-0.3, -0.25) is 0 Å². The molecule has 7 aromatic rings. The number of fused-ring (bicyclic) bond motifs is 3. The van der Waals surface area contributed by atoms with Gasteiger partial charge in [-0.1, -0.05) is 121 Å². The van der Waals surface area contributed by atoms with Gasteiger partial charge in [0.2, 0.25) is 0 Å². The summed E-state index contributed by atoms with van der Waals surface area (Å²) in [5.74, 6) is 3.96. The lowest BCUT2D eigenvalue weighted by molar-refractivity contribution is 0.200. The minimum absolute atomic E-state index is 0.212. The number of furan rings is 1. The Hall–Kier alpha value is -4.62. The first-order valence-electron chi connectivity index (χ1n) is 16.4. The highest BCUT2D eigenvalue weighted by Crippen LogP contribution is 2.66. The Balaban J connectivity index is 1.16. The van der Waals surface area contributed by atoms with Crippen molar-refractivity contribution < 1.29 is 4.42 Å². The maximum atomic E-state index is 6.87. The summed E-state index contributed by atoms with van der Waals surface area (Å²) in [7, 11) is 0. The highest BCUT2D eigenvalue weighted by molar-refractivity contribution is 6.21. The zero-order valence-electron chi connectivity index (χ0n) is 24.8. The predicted molar refractivity (Wildman–Crippen MR) is 183 cm³/mol. The van der Waals surface area contributed by atoms with Crippen molar-refractivity contribution in [2.75, 3.05) is 0 Å². The van der Waals surface area contributed by atoms with Gasteiger partial charge >= 0.3 is 0 Å². The molecular weight excluding hydrogens is 532 g/mol. The molecule has 0 radical (unpaired) electrons. The van der Waals surface area contributed by atoms with Crippen molar-refractivity contribution in [2.24, 2.45) is 17.8 Å². The van der Waals surface area contributed by atoms with Crippen LogP contribution in [-0.4, -0.2) is 0 Å². The van der Waals surface area contributed by atoms with Gasteiger partial charge in [0.25, 0.3) is 0 Å². The van der Waals surface area contributed by atoms with E-state index in [0.29, 0.717) is 0 Å². The van der Waals surface area contributed by atoms with Crippen LogP contribution < -0.4 is 0 Å².